The van der Waals surface area contributed by atoms with Gasteiger partial charge in [0.1, 0.15) is 0 Å². The van der Waals surface area contributed by atoms with Crippen LogP contribution in [0.2, 0.25) is 0 Å². The van der Waals surface area contributed by atoms with Crippen LogP contribution in [0, 0.1) is 0 Å². The van der Waals surface area contributed by atoms with Crippen LogP contribution in [-0.4, -0.2) is 98.5 Å². The minimum absolute atomic E-state index is 0. The van der Waals surface area contributed by atoms with Crippen LogP contribution in [-0.2, 0) is 0 Å². The van der Waals surface area contributed by atoms with Gasteiger partial charge >= 0.3 is 98.5 Å². The van der Waals surface area contributed by atoms with Crippen molar-refractivity contribution in [2.24, 2.45) is 0 Å². The van der Waals surface area contributed by atoms with E-state index in [0.717, 1.165) is 0 Å². The van der Waals surface area contributed by atoms with Gasteiger partial charge in [0.2, 0.25) is 0 Å². The van der Waals surface area contributed by atoms with Crippen molar-refractivity contribution >= 4 is 98.5 Å². The fourth-order valence-electron chi connectivity index (χ4n) is 0. The van der Waals surface area contributed by atoms with Gasteiger partial charge in [0, 0.05) is 0 Å². The van der Waals surface area contributed by atoms with E-state index in [1.165, 1.54) is 0 Å². The van der Waals surface area contributed by atoms with Crippen LogP contribution >= 0.6 is 0 Å². The Kier molecular flexibility index (Phi) is 781. The summed E-state index contributed by atoms with van der Waals surface area (Å²) >= 11 is 0. The van der Waals surface area contributed by atoms with Gasteiger partial charge in [-0.25, -0.2) is 0 Å². The maximum absolute atomic E-state index is 0. The third kappa shape index (κ3) is 62.7. The first-order valence-corrected chi connectivity index (χ1v) is 0. The molecular formula is Ca2Cl6Mg. The predicted molar refractivity (Wildman–Crippen MR) is 17.3 cm³/mol. The van der Waals surface area contributed by atoms with Crippen molar-refractivity contribution in [3.8, 4) is 0 Å². The fraction of sp³-hybridized carbons (Fsp3) is 0. The standard InChI is InChI=1S/2Ca.6ClH.Mg/h;;6*1H;/q2*+2;;;;;;;+2/p-6. The van der Waals surface area contributed by atoms with E-state index >= 15 is 0 Å². The molecule has 0 spiro atoms. The van der Waals surface area contributed by atoms with Crippen molar-refractivity contribution in [1.82, 2.24) is 0 Å². The summed E-state index contributed by atoms with van der Waals surface area (Å²) in [6.07, 6.45) is 0. The van der Waals surface area contributed by atoms with E-state index in [9.17, 15) is 0 Å². The van der Waals surface area contributed by atoms with Crippen molar-refractivity contribution in [1.29, 1.82) is 0 Å². The zero-order chi connectivity index (χ0) is 0. The maximum Gasteiger partial charge on any atom is 2.00 e. The summed E-state index contributed by atoms with van der Waals surface area (Å²) in [5.74, 6) is 0. The molecule has 0 rings (SSSR count). The summed E-state index contributed by atoms with van der Waals surface area (Å²) in [6.45, 7) is 0. The Morgan fingerprint density at radius 2 is 0.333 bits per heavy atom. The van der Waals surface area contributed by atoms with Crippen LogP contribution in [0.1, 0.15) is 0 Å². The molecule has 0 N–H and O–H groups in total. The molecule has 0 saturated heterocycles. The SMILES string of the molecule is [Ca+2].[Ca+2].[Cl-].[Cl-].[Cl-].[Cl-].[Cl-].[Cl-].[Mg+2]. The summed E-state index contributed by atoms with van der Waals surface area (Å²) in [5, 5.41) is 0. The first-order chi connectivity index (χ1) is 0. The molecule has 0 fully saturated rings. The summed E-state index contributed by atoms with van der Waals surface area (Å²) in [7, 11) is 0. The van der Waals surface area contributed by atoms with Crippen molar-refractivity contribution in [3.63, 3.8) is 0 Å². The molecule has 0 aromatic rings. The molecule has 0 aromatic carbocycles. The predicted octanol–water partition coefficient (Wildman–Crippen LogP) is -19.1. The van der Waals surface area contributed by atoms with Gasteiger partial charge in [0.15, 0.2) is 0 Å². The zero-order valence-corrected chi connectivity index (χ0v) is 14.8. The second-order valence-corrected chi connectivity index (χ2v) is 0. The van der Waals surface area contributed by atoms with Crippen LogP contribution in [0.15, 0.2) is 0 Å². The average Bonchev–Trinajstić information content (AvgIpc) is 0. The van der Waals surface area contributed by atoms with E-state index < -0.39 is 0 Å². The molecule has 9 heavy (non-hydrogen) atoms. The van der Waals surface area contributed by atoms with Gasteiger partial charge < -0.3 is 74.4 Å². The quantitative estimate of drug-likeness (QED) is 0.389. The number of hydrogen-bond donors (Lipinski definition) is 0. The Hall–Kier alpha value is 5.03. The zero-order valence-electron chi connectivity index (χ0n) is 4.39. The molecule has 0 nitrogen and oxygen atoms in total. The van der Waals surface area contributed by atoms with Crippen molar-refractivity contribution in [2.75, 3.05) is 0 Å². The molecule has 0 saturated carbocycles. The van der Waals surface area contributed by atoms with Gasteiger partial charge in [-0.05, 0) is 0 Å². The molecule has 0 unspecified atom stereocenters. The average molecular weight is 317 g/mol. The summed E-state index contributed by atoms with van der Waals surface area (Å²) in [6, 6.07) is 0. The van der Waals surface area contributed by atoms with Gasteiger partial charge in [-0.2, -0.15) is 0 Å². The minimum atomic E-state index is 0. The van der Waals surface area contributed by atoms with Crippen LogP contribution in [0.4, 0.5) is 0 Å². The Bertz CT molecular complexity index is 11.0. The van der Waals surface area contributed by atoms with Gasteiger partial charge in [-0.1, -0.05) is 0 Å². The molecule has 0 bridgehead atoms. The van der Waals surface area contributed by atoms with E-state index in [-0.39, 0.29) is 173 Å². The van der Waals surface area contributed by atoms with Gasteiger partial charge in [-0.3, -0.25) is 0 Å². The van der Waals surface area contributed by atoms with Gasteiger partial charge in [-0.15, -0.1) is 0 Å². The van der Waals surface area contributed by atoms with E-state index in [2.05, 4.69) is 0 Å². The molecule has 0 aliphatic heterocycles. The molecule has 0 atom stereocenters. The van der Waals surface area contributed by atoms with Crippen LogP contribution in [0.5, 0.6) is 0 Å². The summed E-state index contributed by atoms with van der Waals surface area (Å²) in [4.78, 5) is 0. The molecule has 0 amide bonds. The minimum Gasteiger partial charge on any atom is -1.00 e. The van der Waals surface area contributed by atoms with E-state index in [1.54, 1.807) is 0 Å². The molecule has 0 aromatic heterocycles. The van der Waals surface area contributed by atoms with Crippen LogP contribution in [0.25, 0.3) is 0 Å². The maximum atomic E-state index is 0. The Labute approximate surface area is 169 Å². The van der Waals surface area contributed by atoms with Gasteiger partial charge in [0.05, 0.1) is 0 Å². The smallest absolute Gasteiger partial charge is 1.00 e. The third-order valence-corrected chi connectivity index (χ3v) is 0. The Balaban J connectivity index is 0. The summed E-state index contributed by atoms with van der Waals surface area (Å²) in [5.41, 5.74) is 0. The molecule has 48 valence electrons. The normalized spacial score (nSPS) is 0. The van der Waals surface area contributed by atoms with Gasteiger partial charge in [0.25, 0.3) is 0 Å². The van der Waals surface area contributed by atoms with Crippen molar-refractivity contribution in [3.05, 3.63) is 0 Å². The number of halogens is 6. The fourth-order valence-corrected chi connectivity index (χ4v) is 0. The van der Waals surface area contributed by atoms with Crippen LogP contribution < -0.4 is 74.4 Å². The largest absolute Gasteiger partial charge is 2.00 e. The molecule has 0 aliphatic carbocycles. The molecule has 0 heterocycles. The molecule has 9 heteroatoms. The van der Waals surface area contributed by atoms with Crippen molar-refractivity contribution in [2.45, 2.75) is 0 Å². The summed E-state index contributed by atoms with van der Waals surface area (Å²) < 4.78 is 0. The van der Waals surface area contributed by atoms with Crippen LogP contribution in [0.3, 0.4) is 0 Å². The molecular weight excluding hydrogens is 317 g/mol. The van der Waals surface area contributed by atoms with E-state index in [1.807, 2.05) is 0 Å². The number of hydrogen-bond acceptors (Lipinski definition) is 0. The molecule has 0 radical (unpaired) electrons. The molecule has 0 aliphatic rings. The number of rotatable bonds is 0. The Morgan fingerprint density at radius 3 is 0.333 bits per heavy atom. The first-order valence-electron chi connectivity index (χ1n) is 0. The monoisotopic (exact) mass is 314 g/mol. The second kappa shape index (κ2) is 74.6. The van der Waals surface area contributed by atoms with E-state index in [0.29, 0.717) is 0 Å². The first kappa shape index (κ1) is 94.2. The third-order valence-electron chi connectivity index (χ3n) is 0. The van der Waals surface area contributed by atoms with Crippen molar-refractivity contribution < 1.29 is 74.4 Å². The van der Waals surface area contributed by atoms with E-state index in [4.69, 9.17) is 0 Å². The second-order valence-electron chi connectivity index (χ2n) is 0. The topological polar surface area (TPSA) is 0 Å². The Morgan fingerprint density at radius 1 is 0.333 bits per heavy atom.